The summed E-state index contributed by atoms with van der Waals surface area (Å²) in [6.45, 7) is 4.23. The van der Waals surface area contributed by atoms with E-state index in [2.05, 4.69) is 10.3 Å². The molecule has 2 aromatic carbocycles. The van der Waals surface area contributed by atoms with E-state index in [0.717, 1.165) is 27.8 Å². The van der Waals surface area contributed by atoms with Crippen LogP contribution < -0.4 is 15.0 Å². The first-order chi connectivity index (χ1) is 12.5. The molecule has 0 aliphatic carbocycles. The molecular formula is C21H21N3O2. The molecule has 0 unspecified atom stereocenters. The lowest BCUT2D eigenvalue weighted by Crippen LogP contribution is -2.52. The first-order valence-electron chi connectivity index (χ1n) is 8.62. The molecule has 0 fully saturated rings. The molecule has 3 aromatic rings. The average molecular weight is 347 g/mol. The van der Waals surface area contributed by atoms with Gasteiger partial charge in [-0.3, -0.25) is 9.78 Å². The fraction of sp³-hybridized carbons (Fsp3) is 0.238. The van der Waals surface area contributed by atoms with Gasteiger partial charge in [0, 0.05) is 24.7 Å². The zero-order valence-corrected chi connectivity index (χ0v) is 15.1. The molecule has 0 saturated heterocycles. The molecule has 5 heteroatoms. The molecule has 26 heavy (non-hydrogen) atoms. The first-order valence-corrected chi connectivity index (χ1v) is 8.62. The molecule has 4 rings (SSSR count). The standard InChI is InChI=1S/C21H21N3O2/c1-21(2)20(25)24(3)19-15-10-7-11-22-18(15)17(12-16(19)23-21)26-13-14-8-5-4-6-9-14/h4-12,23H,13H2,1-3H3. The molecule has 1 aromatic heterocycles. The van der Waals surface area contributed by atoms with Crippen molar-refractivity contribution in [2.75, 3.05) is 17.3 Å². The molecule has 0 saturated carbocycles. The van der Waals surface area contributed by atoms with Gasteiger partial charge in [0.05, 0.1) is 11.4 Å². The number of nitrogens with zero attached hydrogens (tertiary/aromatic N) is 2. The molecule has 1 amide bonds. The van der Waals surface area contributed by atoms with E-state index < -0.39 is 5.54 Å². The van der Waals surface area contributed by atoms with E-state index in [0.29, 0.717) is 12.4 Å². The van der Waals surface area contributed by atoms with Gasteiger partial charge in [0.1, 0.15) is 23.4 Å². The minimum Gasteiger partial charge on any atom is -0.487 e. The van der Waals surface area contributed by atoms with Crippen molar-refractivity contribution in [2.45, 2.75) is 26.0 Å². The number of ether oxygens (including phenoxy) is 1. The number of hydrogen-bond acceptors (Lipinski definition) is 4. The van der Waals surface area contributed by atoms with Crippen LogP contribution in [0.5, 0.6) is 5.75 Å². The Hall–Kier alpha value is -3.08. The van der Waals surface area contributed by atoms with Crippen LogP contribution in [0.4, 0.5) is 11.4 Å². The maximum atomic E-state index is 12.7. The molecule has 132 valence electrons. The van der Waals surface area contributed by atoms with E-state index in [1.807, 2.05) is 62.4 Å². The number of anilines is 2. The second-order valence-corrected chi connectivity index (χ2v) is 7.06. The van der Waals surface area contributed by atoms with Crippen molar-refractivity contribution in [3.05, 3.63) is 60.3 Å². The molecular weight excluding hydrogens is 326 g/mol. The number of carbonyl (C=O) groups is 1. The van der Waals surface area contributed by atoms with Crippen molar-refractivity contribution in [1.29, 1.82) is 0 Å². The predicted octanol–water partition coefficient (Wildman–Crippen LogP) is 3.98. The van der Waals surface area contributed by atoms with Crippen molar-refractivity contribution >= 4 is 28.2 Å². The molecule has 1 N–H and O–H groups in total. The lowest BCUT2D eigenvalue weighted by molar-refractivity contribution is -0.121. The van der Waals surface area contributed by atoms with Crippen molar-refractivity contribution < 1.29 is 9.53 Å². The van der Waals surface area contributed by atoms with Gasteiger partial charge in [0.2, 0.25) is 0 Å². The van der Waals surface area contributed by atoms with E-state index >= 15 is 0 Å². The summed E-state index contributed by atoms with van der Waals surface area (Å²) in [4.78, 5) is 18.9. The highest BCUT2D eigenvalue weighted by Crippen LogP contribution is 2.43. The summed E-state index contributed by atoms with van der Waals surface area (Å²) in [6.07, 6.45) is 1.74. The Kier molecular flexibility index (Phi) is 3.80. The third-order valence-corrected chi connectivity index (χ3v) is 4.69. The molecule has 2 heterocycles. The fourth-order valence-electron chi connectivity index (χ4n) is 3.42. The molecule has 5 nitrogen and oxygen atoms in total. The Morgan fingerprint density at radius 3 is 2.69 bits per heavy atom. The zero-order valence-electron chi connectivity index (χ0n) is 15.1. The second-order valence-electron chi connectivity index (χ2n) is 7.06. The number of likely N-dealkylation sites (N-methyl/N-ethyl adjacent to an activating group) is 1. The van der Waals surface area contributed by atoms with Crippen molar-refractivity contribution in [2.24, 2.45) is 0 Å². The number of rotatable bonds is 3. The van der Waals surface area contributed by atoms with Gasteiger partial charge >= 0.3 is 0 Å². The normalized spacial score (nSPS) is 15.5. The topological polar surface area (TPSA) is 54.5 Å². The minimum atomic E-state index is -0.672. The number of fused-ring (bicyclic) bond motifs is 3. The maximum absolute atomic E-state index is 12.7. The summed E-state index contributed by atoms with van der Waals surface area (Å²) in [7, 11) is 1.81. The molecule has 0 radical (unpaired) electrons. The summed E-state index contributed by atoms with van der Waals surface area (Å²) >= 11 is 0. The number of pyridine rings is 1. The van der Waals surface area contributed by atoms with Gasteiger partial charge < -0.3 is 15.0 Å². The number of aromatic nitrogens is 1. The van der Waals surface area contributed by atoms with Gasteiger partial charge in [0.25, 0.3) is 5.91 Å². The molecule has 0 bridgehead atoms. The van der Waals surface area contributed by atoms with Crippen LogP contribution in [0.3, 0.4) is 0 Å². The summed E-state index contributed by atoms with van der Waals surface area (Å²) in [6, 6.07) is 15.8. The highest BCUT2D eigenvalue weighted by molar-refractivity contribution is 6.15. The number of carbonyl (C=O) groups excluding carboxylic acids is 1. The minimum absolute atomic E-state index is 0.0214. The van der Waals surface area contributed by atoms with E-state index in [-0.39, 0.29) is 5.91 Å². The lowest BCUT2D eigenvalue weighted by atomic mass is 9.96. The van der Waals surface area contributed by atoms with Gasteiger partial charge in [-0.1, -0.05) is 30.3 Å². The van der Waals surface area contributed by atoms with E-state index in [1.54, 1.807) is 18.1 Å². The van der Waals surface area contributed by atoms with Crippen LogP contribution in [0.15, 0.2) is 54.7 Å². The van der Waals surface area contributed by atoms with Gasteiger partial charge in [-0.25, -0.2) is 0 Å². The second kappa shape index (κ2) is 6.02. The SMILES string of the molecule is CN1C(=O)C(C)(C)Nc2cc(OCc3ccccc3)c3ncccc3c21. The highest BCUT2D eigenvalue weighted by atomic mass is 16.5. The maximum Gasteiger partial charge on any atom is 0.251 e. The Morgan fingerprint density at radius 2 is 1.92 bits per heavy atom. The third-order valence-electron chi connectivity index (χ3n) is 4.69. The number of nitrogens with one attached hydrogen (secondary N) is 1. The van der Waals surface area contributed by atoms with Gasteiger partial charge in [-0.15, -0.1) is 0 Å². The van der Waals surface area contributed by atoms with Crippen LogP contribution in [-0.2, 0) is 11.4 Å². The number of hydrogen-bond donors (Lipinski definition) is 1. The van der Waals surface area contributed by atoms with Gasteiger partial charge in [-0.2, -0.15) is 0 Å². The average Bonchev–Trinajstić information content (AvgIpc) is 2.64. The predicted molar refractivity (Wildman–Crippen MR) is 104 cm³/mol. The molecule has 0 atom stereocenters. The van der Waals surface area contributed by atoms with Gasteiger partial charge in [-0.05, 0) is 31.5 Å². The van der Waals surface area contributed by atoms with E-state index in [4.69, 9.17) is 4.74 Å². The Labute approximate surface area is 152 Å². The Morgan fingerprint density at radius 1 is 1.15 bits per heavy atom. The van der Waals surface area contributed by atoms with E-state index in [1.165, 1.54) is 0 Å². The van der Waals surface area contributed by atoms with Crippen LogP contribution in [0, 0.1) is 0 Å². The van der Waals surface area contributed by atoms with Crippen LogP contribution in [-0.4, -0.2) is 23.5 Å². The lowest BCUT2D eigenvalue weighted by Gasteiger charge is -2.38. The highest BCUT2D eigenvalue weighted by Gasteiger charge is 2.38. The quantitative estimate of drug-likeness (QED) is 0.779. The Balaban J connectivity index is 1.82. The van der Waals surface area contributed by atoms with Crippen LogP contribution >= 0.6 is 0 Å². The monoisotopic (exact) mass is 347 g/mol. The largest absolute Gasteiger partial charge is 0.487 e. The zero-order chi connectivity index (χ0) is 18.3. The molecule has 0 spiro atoms. The third kappa shape index (κ3) is 2.65. The summed E-state index contributed by atoms with van der Waals surface area (Å²) in [5, 5.41) is 4.24. The summed E-state index contributed by atoms with van der Waals surface area (Å²) in [5.74, 6) is 0.724. The van der Waals surface area contributed by atoms with Crippen LogP contribution in [0.1, 0.15) is 19.4 Å². The molecule has 1 aliphatic rings. The molecule has 1 aliphatic heterocycles. The van der Waals surface area contributed by atoms with E-state index in [9.17, 15) is 4.79 Å². The fourth-order valence-corrected chi connectivity index (χ4v) is 3.42. The van der Waals surface area contributed by atoms with Crippen molar-refractivity contribution in [3.63, 3.8) is 0 Å². The van der Waals surface area contributed by atoms with Crippen LogP contribution in [0.25, 0.3) is 10.9 Å². The van der Waals surface area contributed by atoms with Crippen molar-refractivity contribution in [3.8, 4) is 5.75 Å². The summed E-state index contributed by atoms with van der Waals surface area (Å²) < 4.78 is 6.10. The smallest absolute Gasteiger partial charge is 0.251 e. The number of amides is 1. The number of benzene rings is 2. The summed E-state index contributed by atoms with van der Waals surface area (Å²) in [5.41, 5.74) is 2.89. The van der Waals surface area contributed by atoms with Crippen molar-refractivity contribution in [1.82, 2.24) is 4.98 Å². The first kappa shape index (κ1) is 16.4. The van der Waals surface area contributed by atoms with Crippen LogP contribution in [0.2, 0.25) is 0 Å². The van der Waals surface area contributed by atoms with Gasteiger partial charge in [0.15, 0.2) is 0 Å². The Bertz CT molecular complexity index is 983.